The average molecular weight is 237 g/mol. The largest absolute Gasteiger partial charge is 0.480 e. The Morgan fingerprint density at radius 3 is 2.35 bits per heavy atom. The van der Waals surface area contributed by atoms with Crippen LogP contribution in [0.2, 0.25) is 0 Å². The predicted molar refractivity (Wildman–Crippen MR) is 66.1 cm³/mol. The molecule has 0 aliphatic rings. The summed E-state index contributed by atoms with van der Waals surface area (Å²) < 4.78 is 0. The first kappa shape index (κ1) is 13.4. The number of aromatic nitrogens is 2. The number of hydrogen-bond acceptors (Lipinski definition) is 4. The number of nitrogens with one attached hydrogen (secondary N) is 1. The van der Waals surface area contributed by atoms with Crippen molar-refractivity contribution in [3.63, 3.8) is 0 Å². The van der Waals surface area contributed by atoms with Gasteiger partial charge in [0.15, 0.2) is 0 Å². The van der Waals surface area contributed by atoms with E-state index in [4.69, 9.17) is 0 Å². The van der Waals surface area contributed by atoms with Gasteiger partial charge in [-0.3, -0.25) is 0 Å². The SMILES string of the molecule is CCCC(C)(Nc1nc(C)cc(C)n1)C(=O)O. The van der Waals surface area contributed by atoms with E-state index in [0.29, 0.717) is 12.4 Å². The molecule has 1 rings (SSSR count). The molecule has 1 atom stereocenters. The van der Waals surface area contributed by atoms with Gasteiger partial charge in [0.1, 0.15) is 5.54 Å². The highest BCUT2D eigenvalue weighted by molar-refractivity contribution is 5.81. The van der Waals surface area contributed by atoms with Gasteiger partial charge in [-0.15, -0.1) is 0 Å². The first-order valence-corrected chi connectivity index (χ1v) is 5.71. The van der Waals surface area contributed by atoms with Gasteiger partial charge in [0.05, 0.1) is 0 Å². The van der Waals surface area contributed by atoms with Gasteiger partial charge < -0.3 is 10.4 Å². The quantitative estimate of drug-likeness (QED) is 0.820. The lowest BCUT2D eigenvalue weighted by Gasteiger charge is -2.25. The van der Waals surface area contributed by atoms with Crippen molar-refractivity contribution in [1.82, 2.24) is 9.97 Å². The first-order valence-electron chi connectivity index (χ1n) is 5.71. The Balaban J connectivity index is 2.97. The molecule has 5 heteroatoms. The molecule has 0 saturated heterocycles. The number of rotatable bonds is 5. The van der Waals surface area contributed by atoms with Gasteiger partial charge >= 0.3 is 5.97 Å². The number of aryl methyl sites for hydroxylation is 2. The standard InChI is InChI=1S/C12H19N3O2/c1-5-6-12(4,10(16)17)15-11-13-8(2)7-9(3)14-11/h7H,5-6H2,1-4H3,(H,16,17)(H,13,14,15). The zero-order valence-corrected chi connectivity index (χ0v) is 10.7. The summed E-state index contributed by atoms with van der Waals surface area (Å²) in [4.78, 5) is 19.7. The topological polar surface area (TPSA) is 75.1 Å². The Hall–Kier alpha value is -1.65. The highest BCUT2D eigenvalue weighted by atomic mass is 16.4. The number of carboxylic acid groups (broad SMARTS) is 1. The van der Waals surface area contributed by atoms with Crippen molar-refractivity contribution in [3.8, 4) is 0 Å². The zero-order valence-electron chi connectivity index (χ0n) is 10.7. The third-order valence-corrected chi connectivity index (χ3v) is 2.59. The minimum Gasteiger partial charge on any atom is -0.480 e. The second-order valence-electron chi connectivity index (χ2n) is 4.49. The summed E-state index contributed by atoms with van der Waals surface area (Å²) in [7, 11) is 0. The van der Waals surface area contributed by atoms with Crippen molar-refractivity contribution in [2.45, 2.75) is 46.1 Å². The molecular weight excluding hydrogens is 218 g/mol. The molecule has 0 amide bonds. The molecule has 0 bridgehead atoms. The number of carboxylic acids is 1. The minimum absolute atomic E-state index is 0.376. The highest BCUT2D eigenvalue weighted by Crippen LogP contribution is 2.18. The molecule has 1 aromatic heterocycles. The lowest BCUT2D eigenvalue weighted by Crippen LogP contribution is -2.43. The Bertz CT molecular complexity index is 400. The van der Waals surface area contributed by atoms with E-state index < -0.39 is 11.5 Å². The van der Waals surface area contributed by atoms with Crippen LogP contribution in [0.25, 0.3) is 0 Å². The molecule has 0 aromatic carbocycles. The van der Waals surface area contributed by atoms with Gasteiger partial charge in [-0.05, 0) is 33.3 Å². The molecule has 0 fully saturated rings. The van der Waals surface area contributed by atoms with Gasteiger partial charge in [-0.25, -0.2) is 14.8 Å². The van der Waals surface area contributed by atoms with Crippen LogP contribution < -0.4 is 5.32 Å². The Kier molecular flexibility index (Phi) is 4.04. The van der Waals surface area contributed by atoms with Gasteiger partial charge in [-0.1, -0.05) is 13.3 Å². The van der Waals surface area contributed by atoms with Crippen LogP contribution in [-0.4, -0.2) is 26.6 Å². The molecule has 1 aromatic rings. The lowest BCUT2D eigenvalue weighted by molar-refractivity contribution is -0.142. The van der Waals surface area contributed by atoms with Crippen LogP contribution in [-0.2, 0) is 4.79 Å². The van der Waals surface area contributed by atoms with Crippen molar-refractivity contribution in [3.05, 3.63) is 17.5 Å². The van der Waals surface area contributed by atoms with Gasteiger partial charge in [0.2, 0.25) is 5.95 Å². The summed E-state index contributed by atoms with van der Waals surface area (Å²) in [5, 5.41) is 12.2. The third kappa shape index (κ3) is 3.41. The summed E-state index contributed by atoms with van der Waals surface area (Å²) in [6.45, 7) is 7.32. The lowest BCUT2D eigenvalue weighted by atomic mass is 9.97. The van der Waals surface area contributed by atoms with Crippen LogP contribution in [0, 0.1) is 13.8 Å². The van der Waals surface area contributed by atoms with Crippen molar-refractivity contribution in [2.24, 2.45) is 0 Å². The molecule has 2 N–H and O–H groups in total. The van der Waals surface area contributed by atoms with E-state index >= 15 is 0 Å². The Morgan fingerprint density at radius 1 is 1.41 bits per heavy atom. The maximum Gasteiger partial charge on any atom is 0.329 e. The molecule has 0 saturated carbocycles. The Labute approximate surface area is 101 Å². The number of carbonyl (C=O) groups is 1. The van der Waals surface area contributed by atoms with Crippen molar-refractivity contribution < 1.29 is 9.90 Å². The molecule has 17 heavy (non-hydrogen) atoms. The zero-order chi connectivity index (χ0) is 13.1. The maximum atomic E-state index is 11.3. The Morgan fingerprint density at radius 2 is 1.94 bits per heavy atom. The predicted octanol–water partition coefficient (Wildman–Crippen LogP) is 2.15. The highest BCUT2D eigenvalue weighted by Gasteiger charge is 2.32. The first-order chi connectivity index (χ1) is 7.87. The van der Waals surface area contributed by atoms with Crippen LogP contribution >= 0.6 is 0 Å². The monoisotopic (exact) mass is 237 g/mol. The van der Waals surface area contributed by atoms with Crippen molar-refractivity contribution in [1.29, 1.82) is 0 Å². The molecule has 5 nitrogen and oxygen atoms in total. The fourth-order valence-electron chi connectivity index (χ4n) is 1.75. The third-order valence-electron chi connectivity index (χ3n) is 2.59. The van der Waals surface area contributed by atoms with E-state index in [9.17, 15) is 9.90 Å². The summed E-state index contributed by atoms with van der Waals surface area (Å²) in [6, 6.07) is 1.85. The van der Waals surface area contributed by atoms with Gasteiger partial charge in [0, 0.05) is 11.4 Å². The smallest absolute Gasteiger partial charge is 0.329 e. The van der Waals surface area contributed by atoms with Crippen molar-refractivity contribution >= 4 is 11.9 Å². The normalized spacial score (nSPS) is 14.1. The maximum absolute atomic E-state index is 11.3. The second-order valence-corrected chi connectivity index (χ2v) is 4.49. The van der Waals surface area contributed by atoms with E-state index in [2.05, 4.69) is 15.3 Å². The molecule has 0 aliphatic heterocycles. The van der Waals surface area contributed by atoms with Crippen molar-refractivity contribution in [2.75, 3.05) is 5.32 Å². The second kappa shape index (κ2) is 5.12. The number of hydrogen-bond donors (Lipinski definition) is 2. The van der Waals surface area contributed by atoms with Crippen LogP contribution in [0.15, 0.2) is 6.07 Å². The number of aliphatic carboxylic acids is 1. The molecule has 0 spiro atoms. The summed E-state index contributed by atoms with van der Waals surface area (Å²) in [5.41, 5.74) is 0.628. The number of nitrogens with zero attached hydrogens (tertiary/aromatic N) is 2. The minimum atomic E-state index is -1.02. The summed E-state index contributed by atoms with van der Waals surface area (Å²) in [6.07, 6.45) is 1.30. The van der Waals surface area contributed by atoms with Gasteiger partial charge in [0.25, 0.3) is 0 Å². The number of anilines is 1. The van der Waals surface area contributed by atoms with Crippen LogP contribution in [0.4, 0.5) is 5.95 Å². The molecular formula is C12H19N3O2. The summed E-state index contributed by atoms with van der Waals surface area (Å²) >= 11 is 0. The fraction of sp³-hybridized carbons (Fsp3) is 0.583. The molecule has 1 heterocycles. The molecule has 1 unspecified atom stereocenters. The van der Waals surface area contributed by atoms with Crippen LogP contribution in [0.3, 0.4) is 0 Å². The van der Waals surface area contributed by atoms with E-state index in [-0.39, 0.29) is 0 Å². The van der Waals surface area contributed by atoms with Crippen LogP contribution in [0.5, 0.6) is 0 Å². The molecule has 0 aliphatic carbocycles. The molecule has 0 radical (unpaired) electrons. The van der Waals surface area contributed by atoms with E-state index in [0.717, 1.165) is 17.8 Å². The summed E-state index contributed by atoms with van der Waals surface area (Å²) in [5.74, 6) is -0.511. The van der Waals surface area contributed by atoms with Gasteiger partial charge in [-0.2, -0.15) is 0 Å². The fourth-order valence-corrected chi connectivity index (χ4v) is 1.75. The van der Waals surface area contributed by atoms with E-state index in [1.54, 1.807) is 6.92 Å². The van der Waals surface area contributed by atoms with E-state index in [1.165, 1.54) is 0 Å². The average Bonchev–Trinajstić information content (AvgIpc) is 2.15. The molecule has 94 valence electrons. The van der Waals surface area contributed by atoms with E-state index in [1.807, 2.05) is 26.8 Å². The van der Waals surface area contributed by atoms with Crippen LogP contribution in [0.1, 0.15) is 38.1 Å².